The third-order valence-corrected chi connectivity index (χ3v) is 7.66. The average Bonchev–Trinajstić information content (AvgIpc) is 2.96. The van der Waals surface area contributed by atoms with Gasteiger partial charge in [-0.3, -0.25) is 25.0 Å². The molecule has 3 atom stereocenters. The zero-order valence-corrected chi connectivity index (χ0v) is 23.3. The van der Waals surface area contributed by atoms with Crippen molar-refractivity contribution in [2.24, 2.45) is 5.92 Å². The molecule has 5 rings (SSSR count). The number of benzene rings is 1. The molecule has 0 saturated carbocycles. The third-order valence-electron chi connectivity index (χ3n) is 7.37. The Morgan fingerprint density at radius 1 is 1.15 bits per heavy atom. The van der Waals surface area contributed by atoms with Crippen LogP contribution in [-0.4, -0.2) is 46.6 Å². The fraction of sp³-hybridized carbons (Fsp3) is 0.345. The van der Waals surface area contributed by atoms with Gasteiger partial charge in [0.15, 0.2) is 11.9 Å². The number of ether oxygens (including phenoxy) is 2. The number of hydrogen-bond acceptors (Lipinski definition) is 7. The van der Waals surface area contributed by atoms with E-state index in [-0.39, 0.29) is 22.5 Å². The number of anilines is 2. The van der Waals surface area contributed by atoms with Gasteiger partial charge in [-0.15, -0.1) is 0 Å². The van der Waals surface area contributed by atoms with E-state index in [0.717, 1.165) is 5.56 Å². The summed E-state index contributed by atoms with van der Waals surface area (Å²) in [5.74, 6) is -1.18. The molecule has 3 aromatic rings. The van der Waals surface area contributed by atoms with Crippen molar-refractivity contribution < 1.29 is 28.2 Å². The molecule has 0 aliphatic carbocycles. The van der Waals surface area contributed by atoms with Gasteiger partial charge in [0.2, 0.25) is 5.91 Å². The van der Waals surface area contributed by atoms with Crippen LogP contribution in [0, 0.1) is 11.7 Å². The maximum Gasteiger partial charge on any atom is 0.411 e. The molecule has 2 aromatic heterocycles. The molecule has 4 heterocycles. The largest absolute Gasteiger partial charge is 0.453 e. The molecule has 1 saturated heterocycles. The lowest BCUT2D eigenvalue weighted by molar-refractivity contribution is -0.119. The second kappa shape index (κ2) is 12.1. The van der Waals surface area contributed by atoms with Crippen molar-refractivity contribution in [3.63, 3.8) is 0 Å². The minimum Gasteiger partial charge on any atom is -0.453 e. The summed E-state index contributed by atoms with van der Waals surface area (Å²) in [5, 5.41) is 5.53. The Morgan fingerprint density at radius 3 is 2.73 bits per heavy atom. The van der Waals surface area contributed by atoms with Crippen LogP contribution in [0.4, 0.5) is 25.4 Å². The van der Waals surface area contributed by atoms with Crippen molar-refractivity contribution >= 4 is 41.1 Å². The highest BCUT2D eigenvalue weighted by molar-refractivity contribution is 6.30. The molecule has 0 radical (unpaired) electrons. The van der Waals surface area contributed by atoms with E-state index in [1.54, 1.807) is 29.3 Å². The lowest BCUT2D eigenvalue weighted by Gasteiger charge is -2.37. The van der Waals surface area contributed by atoms with E-state index >= 15 is 0 Å². The summed E-state index contributed by atoms with van der Waals surface area (Å²) in [6, 6.07) is 9.77. The number of amides is 3. The van der Waals surface area contributed by atoms with Crippen molar-refractivity contribution in [3.05, 3.63) is 71.0 Å². The molecule has 214 valence electrons. The average molecular weight is 582 g/mol. The molecule has 2 bridgehead atoms. The number of cyclic esters (lactones) is 1. The summed E-state index contributed by atoms with van der Waals surface area (Å²) >= 11 is 5.91. The Balaban J connectivity index is 1.47. The molecular weight excluding hydrogens is 553 g/mol. The Kier molecular flexibility index (Phi) is 8.34. The fourth-order valence-electron chi connectivity index (χ4n) is 5.14. The molecule has 1 aromatic carbocycles. The van der Waals surface area contributed by atoms with Gasteiger partial charge in [0.1, 0.15) is 5.69 Å². The Hall–Kier alpha value is -4.25. The van der Waals surface area contributed by atoms with Gasteiger partial charge < -0.3 is 14.8 Å². The quantitative estimate of drug-likeness (QED) is 0.362. The number of nitrogens with zero attached hydrogens (tertiary/aromatic N) is 3. The van der Waals surface area contributed by atoms with Crippen LogP contribution in [0.15, 0.2) is 48.8 Å². The Morgan fingerprint density at radius 2 is 1.95 bits per heavy atom. The summed E-state index contributed by atoms with van der Waals surface area (Å²) in [6.07, 6.45) is 3.03. The zero-order chi connectivity index (χ0) is 29.1. The maximum absolute atomic E-state index is 14.6. The first-order valence-electron chi connectivity index (χ1n) is 13.3. The number of methoxy groups -OCH3 is 1. The number of halogens is 2. The first-order chi connectivity index (χ1) is 19.7. The van der Waals surface area contributed by atoms with Gasteiger partial charge >= 0.3 is 12.2 Å². The number of nitrogens with one attached hydrogen (secondary N) is 2. The molecule has 1 fully saturated rings. The van der Waals surface area contributed by atoms with E-state index in [4.69, 9.17) is 16.3 Å². The van der Waals surface area contributed by atoms with E-state index in [1.807, 2.05) is 19.1 Å². The number of pyridine rings is 2. The smallest absolute Gasteiger partial charge is 0.411 e. The van der Waals surface area contributed by atoms with Crippen molar-refractivity contribution in [2.75, 3.05) is 24.3 Å². The van der Waals surface area contributed by atoms with Crippen LogP contribution < -0.4 is 10.6 Å². The maximum atomic E-state index is 14.6. The lowest BCUT2D eigenvalue weighted by Crippen LogP contribution is -2.42. The minimum atomic E-state index is -0.855. The lowest BCUT2D eigenvalue weighted by atomic mass is 9.94. The van der Waals surface area contributed by atoms with Crippen molar-refractivity contribution in [2.45, 2.75) is 44.8 Å². The summed E-state index contributed by atoms with van der Waals surface area (Å²) in [5.41, 5.74) is 3.11. The summed E-state index contributed by atoms with van der Waals surface area (Å²) in [6.45, 7) is 2.14. The first-order valence-corrected chi connectivity index (χ1v) is 13.7. The van der Waals surface area contributed by atoms with Gasteiger partial charge in [-0.2, -0.15) is 0 Å². The summed E-state index contributed by atoms with van der Waals surface area (Å²) in [7, 11) is 1.27. The topological polar surface area (TPSA) is 123 Å². The number of carbonyl (C=O) groups excluding carboxylic acids is 3. The minimum absolute atomic E-state index is 0.00168. The highest BCUT2D eigenvalue weighted by Crippen LogP contribution is 2.38. The molecular formula is C29H29ClFN5O5. The van der Waals surface area contributed by atoms with Crippen LogP contribution in [0.25, 0.3) is 11.1 Å². The molecule has 0 spiro atoms. The molecule has 3 amide bonds. The molecule has 2 N–H and O–H groups in total. The number of carbonyl (C=O) groups is 3. The number of fused-ring (bicyclic) bond motifs is 4. The molecule has 10 nitrogen and oxygen atoms in total. The van der Waals surface area contributed by atoms with E-state index in [1.165, 1.54) is 19.4 Å². The van der Waals surface area contributed by atoms with Crippen molar-refractivity contribution in [1.82, 2.24) is 14.9 Å². The normalized spacial score (nSPS) is 21.0. The summed E-state index contributed by atoms with van der Waals surface area (Å²) in [4.78, 5) is 48.4. The first kappa shape index (κ1) is 28.3. The molecule has 2 aliphatic rings. The van der Waals surface area contributed by atoms with Gasteiger partial charge in [0.05, 0.1) is 29.6 Å². The van der Waals surface area contributed by atoms with Gasteiger partial charge in [-0.1, -0.05) is 31.0 Å². The van der Waals surface area contributed by atoms with Crippen LogP contribution in [0.3, 0.4) is 0 Å². The van der Waals surface area contributed by atoms with E-state index < -0.39 is 30.1 Å². The second-order valence-corrected chi connectivity index (χ2v) is 10.4. The van der Waals surface area contributed by atoms with Crippen LogP contribution in [0.2, 0.25) is 5.02 Å². The van der Waals surface area contributed by atoms with Crippen LogP contribution in [0.1, 0.15) is 56.1 Å². The second-order valence-electron chi connectivity index (χ2n) is 10.0. The van der Waals surface area contributed by atoms with Crippen molar-refractivity contribution in [3.8, 4) is 11.1 Å². The highest BCUT2D eigenvalue weighted by atomic mass is 35.5. The van der Waals surface area contributed by atoms with Crippen LogP contribution in [-0.2, 0) is 14.3 Å². The van der Waals surface area contributed by atoms with E-state index in [2.05, 4.69) is 25.3 Å². The van der Waals surface area contributed by atoms with Gasteiger partial charge in [-0.25, -0.2) is 14.0 Å². The number of hydrogen-bond donors (Lipinski definition) is 2. The van der Waals surface area contributed by atoms with E-state index in [0.29, 0.717) is 54.9 Å². The Labute approximate surface area is 241 Å². The van der Waals surface area contributed by atoms with Gasteiger partial charge in [-0.05, 0) is 48.7 Å². The molecule has 41 heavy (non-hydrogen) atoms. The fourth-order valence-corrected chi connectivity index (χ4v) is 5.30. The standard InChI is InChI=1S/C29H29ClFN5O5/c1-16-4-3-5-23(36-13-10-24(41-29(36)39)26-25(31)20(30)9-12-33-26)22-14-17(8-11-32-22)19-7-6-18(34-28(38)40-2)15-21(19)35-27(16)37/h6-9,11-12,14-16,23-24H,3-5,10,13H2,1-2H3,(H,34,38)(H,35,37)/t16-,23+,24-/m1/s1. The van der Waals surface area contributed by atoms with E-state index in [9.17, 15) is 18.8 Å². The molecule has 0 unspecified atom stereocenters. The van der Waals surface area contributed by atoms with Gasteiger partial charge in [0, 0.05) is 42.5 Å². The third kappa shape index (κ3) is 6.09. The zero-order valence-electron chi connectivity index (χ0n) is 22.5. The highest BCUT2D eigenvalue weighted by Gasteiger charge is 2.36. The predicted octanol–water partition coefficient (Wildman–Crippen LogP) is 6.50. The SMILES string of the molecule is COC(=O)Nc1ccc2c(c1)NC(=O)[C@H](C)CCC[C@H](N1CC[C@H](c3nccc(Cl)c3F)OC1=O)c1cc-2ccn1. The summed E-state index contributed by atoms with van der Waals surface area (Å²) < 4.78 is 24.9. The van der Waals surface area contributed by atoms with Gasteiger partial charge in [0.25, 0.3) is 0 Å². The Bertz CT molecular complexity index is 1490. The number of rotatable bonds is 3. The predicted molar refractivity (Wildman–Crippen MR) is 150 cm³/mol. The number of aromatic nitrogens is 2. The van der Waals surface area contributed by atoms with Crippen LogP contribution in [0.5, 0.6) is 0 Å². The molecule has 12 heteroatoms. The van der Waals surface area contributed by atoms with Crippen LogP contribution >= 0.6 is 11.6 Å². The monoisotopic (exact) mass is 581 g/mol. The molecule has 2 aliphatic heterocycles. The van der Waals surface area contributed by atoms with Crippen molar-refractivity contribution in [1.29, 1.82) is 0 Å².